The summed E-state index contributed by atoms with van der Waals surface area (Å²) in [4.78, 5) is 0. The van der Waals surface area contributed by atoms with E-state index in [4.69, 9.17) is 4.74 Å². The average molecular weight is 252 g/mol. The van der Waals surface area contributed by atoms with Crippen LogP contribution in [-0.2, 0) is 4.74 Å². The number of aromatic nitrogens is 2. The normalized spacial score (nSPS) is 22.1. The van der Waals surface area contributed by atoms with Crippen LogP contribution in [0.3, 0.4) is 0 Å². The third kappa shape index (κ3) is 3.71. The highest BCUT2D eigenvalue weighted by molar-refractivity contribution is 5.33. The van der Waals surface area contributed by atoms with Crippen molar-refractivity contribution in [1.29, 1.82) is 0 Å². The molecule has 0 spiro atoms. The molecule has 2 atom stereocenters. The van der Waals surface area contributed by atoms with Gasteiger partial charge >= 0.3 is 0 Å². The van der Waals surface area contributed by atoms with Gasteiger partial charge in [0, 0.05) is 36.9 Å². The van der Waals surface area contributed by atoms with Crippen molar-refractivity contribution in [2.24, 2.45) is 0 Å². The van der Waals surface area contributed by atoms with Gasteiger partial charge in [0.05, 0.1) is 13.2 Å². The number of hydrogen-bond acceptors (Lipinski definition) is 4. The Morgan fingerprint density at radius 3 is 3.00 bits per heavy atom. The lowest BCUT2D eigenvalue weighted by atomic mass is 10.1. The summed E-state index contributed by atoms with van der Waals surface area (Å²) in [7, 11) is 0. The standard InChI is InChI=1S/C13H24N4O/c1-10(2)17-6-4-13(16-17)15-11(3)8-12-9-18-7-5-14-12/h4,6,10-12,14H,5,7-9H2,1-3H3,(H,15,16). The minimum Gasteiger partial charge on any atom is -0.379 e. The van der Waals surface area contributed by atoms with Crippen LogP contribution >= 0.6 is 0 Å². The summed E-state index contributed by atoms with van der Waals surface area (Å²) < 4.78 is 7.43. The molecule has 2 N–H and O–H groups in total. The second-order valence-electron chi connectivity index (χ2n) is 5.28. The van der Waals surface area contributed by atoms with Crippen LogP contribution < -0.4 is 10.6 Å². The summed E-state index contributed by atoms with van der Waals surface area (Å²) in [5, 5.41) is 11.4. The van der Waals surface area contributed by atoms with Gasteiger partial charge in [-0.1, -0.05) is 0 Å². The van der Waals surface area contributed by atoms with Gasteiger partial charge in [0.2, 0.25) is 0 Å². The van der Waals surface area contributed by atoms with E-state index >= 15 is 0 Å². The lowest BCUT2D eigenvalue weighted by Crippen LogP contribution is -2.43. The topological polar surface area (TPSA) is 51.1 Å². The zero-order chi connectivity index (χ0) is 13.0. The first-order chi connectivity index (χ1) is 8.65. The molecule has 102 valence electrons. The highest BCUT2D eigenvalue weighted by Gasteiger charge is 2.16. The number of anilines is 1. The number of ether oxygens (including phenoxy) is 1. The van der Waals surface area contributed by atoms with Crippen molar-refractivity contribution in [3.63, 3.8) is 0 Å². The van der Waals surface area contributed by atoms with Crippen LogP contribution in [0.2, 0.25) is 0 Å². The van der Waals surface area contributed by atoms with Gasteiger partial charge in [-0.3, -0.25) is 4.68 Å². The van der Waals surface area contributed by atoms with Crippen LogP contribution in [0.5, 0.6) is 0 Å². The smallest absolute Gasteiger partial charge is 0.148 e. The van der Waals surface area contributed by atoms with E-state index in [-0.39, 0.29) is 0 Å². The monoisotopic (exact) mass is 252 g/mol. The first-order valence-corrected chi connectivity index (χ1v) is 6.78. The molecule has 1 aromatic rings. The molecule has 0 bridgehead atoms. The van der Waals surface area contributed by atoms with Gasteiger partial charge < -0.3 is 15.4 Å². The summed E-state index contributed by atoms with van der Waals surface area (Å²) in [5.74, 6) is 0.952. The molecule has 2 unspecified atom stereocenters. The minimum atomic E-state index is 0.389. The zero-order valence-electron chi connectivity index (χ0n) is 11.5. The van der Waals surface area contributed by atoms with E-state index in [0.29, 0.717) is 18.1 Å². The van der Waals surface area contributed by atoms with Gasteiger partial charge in [-0.2, -0.15) is 5.10 Å². The number of hydrogen-bond donors (Lipinski definition) is 2. The van der Waals surface area contributed by atoms with Crippen molar-refractivity contribution in [1.82, 2.24) is 15.1 Å². The van der Waals surface area contributed by atoms with Crippen LogP contribution in [0.15, 0.2) is 12.3 Å². The Bertz CT molecular complexity index is 358. The van der Waals surface area contributed by atoms with Crippen molar-refractivity contribution in [2.75, 3.05) is 25.1 Å². The SMILES string of the molecule is CC(CC1COCCN1)Nc1ccn(C(C)C)n1. The van der Waals surface area contributed by atoms with Crippen molar-refractivity contribution >= 4 is 5.82 Å². The third-order valence-electron chi connectivity index (χ3n) is 3.17. The lowest BCUT2D eigenvalue weighted by molar-refractivity contribution is 0.0731. The van der Waals surface area contributed by atoms with Gasteiger partial charge in [-0.05, 0) is 27.2 Å². The molecule has 1 aromatic heterocycles. The molecule has 1 fully saturated rings. The number of nitrogens with zero attached hydrogens (tertiary/aromatic N) is 2. The fraction of sp³-hybridized carbons (Fsp3) is 0.769. The fourth-order valence-electron chi connectivity index (χ4n) is 2.21. The molecule has 0 aromatic carbocycles. The Morgan fingerprint density at radius 2 is 2.39 bits per heavy atom. The van der Waals surface area contributed by atoms with Gasteiger partial charge in [0.25, 0.3) is 0 Å². The summed E-state index contributed by atoms with van der Waals surface area (Å²) in [5.41, 5.74) is 0. The largest absolute Gasteiger partial charge is 0.379 e. The summed E-state index contributed by atoms with van der Waals surface area (Å²) >= 11 is 0. The molecular formula is C13H24N4O. The molecule has 5 heteroatoms. The molecule has 0 aliphatic carbocycles. The van der Waals surface area contributed by atoms with Crippen molar-refractivity contribution < 1.29 is 4.74 Å². The van der Waals surface area contributed by atoms with Crippen LogP contribution in [0.4, 0.5) is 5.82 Å². The number of nitrogens with one attached hydrogen (secondary N) is 2. The van der Waals surface area contributed by atoms with E-state index in [2.05, 4.69) is 36.5 Å². The minimum absolute atomic E-state index is 0.389. The van der Waals surface area contributed by atoms with Crippen molar-refractivity contribution in [3.8, 4) is 0 Å². The van der Waals surface area contributed by atoms with E-state index < -0.39 is 0 Å². The predicted octanol–water partition coefficient (Wildman–Crippen LogP) is 1.64. The molecule has 18 heavy (non-hydrogen) atoms. The van der Waals surface area contributed by atoms with E-state index in [1.165, 1.54) is 0 Å². The second kappa shape index (κ2) is 6.20. The van der Waals surface area contributed by atoms with E-state index in [1.54, 1.807) is 0 Å². The third-order valence-corrected chi connectivity index (χ3v) is 3.17. The quantitative estimate of drug-likeness (QED) is 0.836. The van der Waals surface area contributed by atoms with E-state index in [1.807, 2.05) is 16.9 Å². The Labute approximate surface area is 109 Å². The predicted molar refractivity (Wildman–Crippen MR) is 72.9 cm³/mol. The van der Waals surface area contributed by atoms with Gasteiger partial charge in [0.1, 0.15) is 5.82 Å². The molecule has 0 amide bonds. The molecule has 1 saturated heterocycles. The number of morpholine rings is 1. The molecule has 0 saturated carbocycles. The highest BCUT2D eigenvalue weighted by atomic mass is 16.5. The summed E-state index contributed by atoms with van der Waals surface area (Å²) in [6, 6.07) is 3.28. The molecule has 1 aliphatic heterocycles. The molecule has 2 rings (SSSR count). The second-order valence-corrected chi connectivity index (χ2v) is 5.28. The van der Waals surface area contributed by atoms with Crippen molar-refractivity contribution in [3.05, 3.63) is 12.3 Å². The Kier molecular flexibility index (Phi) is 4.60. The summed E-state index contributed by atoms with van der Waals surface area (Å²) in [6.07, 6.45) is 3.07. The maximum absolute atomic E-state index is 5.46. The fourth-order valence-corrected chi connectivity index (χ4v) is 2.21. The Morgan fingerprint density at radius 1 is 1.56 bits per heavy atom. The first kappa shape index (κ1) is 13.4. The molecule has 1 aliphatic rings. The van der Waals surface area contributed by atoms with Crippen LogP contribution in [0.1, 0.15) is 33.2 Å². The van der Waals surface area contributed by atoms with Gasteiger partial charge in [0.15, 0.2) is 0 Å². The maximum atomic E-state index is 5.46. The molecule has 2 heterocycles. The molecule has 0 radical (unpaired) electrons. The highest BCUT2D eigenvalue weighted by Crippen LogP contribution is 2.11. The number of rotatable bonds is 5. The van der Waals surface area contributed by atoms with Crippen LogP contribution in [-0.4, -0.2) is 41.6 Å². The van der Waals surface area contributed by atoms with Crippen LogP contribution in [0, 0.1) is 0 Å². The Balaban J connectivity index is 1.80. The van der Waals surface area contributed by atoms with Crippen molar-refractivity contribution in [2.45, 2.75) is 45.3 Å². The van der Waals surface area contributed by atoms with Crippen LogP contribution in [0.25, 0.3) is 0 Å². The lowest BCUT2D eigenvalue weighted by Gasteiger charge is -2.26. The zero-order valence-corrected chi connectivity index (χ0v) is 11.5. The van der Waals surface area contributed by atoms with Gasteiger partial charge in [-0.25, -0.2) is 0 Å². The van der Waals surface area contributed by atoms with Gasteiger partial charge in [-0.15, -0.1) is 0 Å². The molecular weight excluding hydrogens is 228 g/mol. The molecule has 5 nitrogen and oxygen atoms in total. The average Bonchev–Trinajstić information content (AvgIpc) is 2.78. The van der Waals surface area contributed by atoms with E-state index in [9.17, 15) is 0 Å². The summed E-state index contributed by atoms with van der Waals surface area (Å²) in [6.45, 7) is 9.04. The first-order valence-electron chi connectivity index (χ1n) is 6.78. The maximum Gasteiger partial charge on any atom is 0.148 e. The van der Waals surface area contributed by atoms with E-state index in [0.717, 1.165) is 32.0 Å². The Hall–Kier alpha value is -1.07.